The molecule has 2 aromatic rings. The summed E-state index contributed by atoms with van der Waals surface area (Å²) in [4.78, 5) is 18.0. The second-order valence-corrected chi connectivity index (χ2v) is 4.08. The Morgan fingerprint density at radius 1 is 1.44 bits per heavy atom. The smallest absolute Gasteiger partial charge is 0.272 e. The van der Waals surface area contributed by atoms with Gasteiger partial charge in [-0.25, -0.2) is 4.98 Å². The number of carbonyl (C=O) groups excluding carboxylic acids is 1. The van der Waals surface area contributed by atoms with Gasteiger partial charge in [-0.3, -0.25) is 9.20 Å². The third-order valence-corrected chi connectivity index (χ3v) is 2.73. The highest BCUT2D eigenvalue weighted by Crippen LogP contribution is 2.09. The fourth-order valence-electron chi connectivity index (χ4n) is 1.51. The summed E-state index contributed by atoms with van der Waals surface area (Å²) in [6, 6.07) is 5.86. The molecule has 0 aliphatic rings. The number of hydrogen-bond donors (Lipinski definition) is 0. The van der Waals surface area contributed by atoms with Crippen molar-refractivity contribution in [2.75, 3.05) is 7.05 Å². The monoisotopic (exact) mass is 217 g/mol. The molecule has 16 heavy (non-hydrogen) atoms. The van der Waals surface area contributed by atoms with E-state index in [4.69, 9.17) is 0 Å². The predicted molar refractivity (Wildman–Crippen MR) is 62.4 cm³/mol. The van der Waals surface area contributed by atoms with E-state index in [0.29, 0.717) is 5.69 Å². The van der Waals surface area contributed by atoms with Gasteiger partial charge in [-0.1, -0.05) is 6.07 Å². The lowest BCUT2D eigenvalue weighted by atomic mass is 10.3. The number of rotatable bonds is 2. The Morgan fingerprint density at radius 3 is 2.88 bits per heavy atom. The van der Waals surface area contributed by atoms with Crippen LogP contribution in [0.25, 0.3) is 5.65 Å². The lowest BCUT2D eigenvalue weighted by Gasteiger charge is -2.20. The molecule has 84 valence electrons. The second kappa shape index (κ2) is 3.96. The van der Waals surface area contributed by atoms with Crippen molar-refractivity contribution < 1.29 is 4.79 Å². The highest BCUT2D eigenvalue weighted by atomic mass is 16.2. The maximum atomic E-state index is 12.1. The van der Waals surface area contributed by atoms with Crippen molar-refractivity contribution in [1.82, 2.24) is 14.3 Å². The number of fused-ring (bicyclic) bond motifs is 1. The summed E-state index contributed by atoms with van der Waals surface area (Å²) in [5.41, 5.74) is 1.40. The van der Waals surface area contributed by atoms with E-state index in [1.165, 1.54) is 0 Å². The number of imidazole rings is 1. The van der Waals surface area contributed by atoms with Gasteiger partial charge in [0.15, 0.2) is 0 Å². The van der Waals surface area contributed by atoms with Crippen LogP contribution in [0.15, 0.2) is 30.6 Å². The number of nitrogens with zero attached hydrogens (tertiary/aromatic N) is 3. The predicted octanol–water partition coefficient (Wildman–Crippen LogP) is 1.81. The fourth-order valence-corrected chi connectivity index (χ4v) is 1.51. The summed E-state index contributed by atoms with van der Waals surface area (Å²) >= 11 is 0. The molecule has 0 aliphatic heterocycles. The number of carbonyl (C=O) groups is 1. The molecule has 0 aromatic carbocycles. The van der Waals surface area contributed by atoms with Crippen molar-refractivity contribution in [3.05, 3.63) is 36.3 Å². The van der Waals surface area contributed by atoms with Crippen LogP contribution in [0.3, 0.4) is 0 Å². The lowest BCUT2D eigenvalue weighted by molar-refractivity contribution is 0.0748. The standard InChI is InChI=1S/C12H15N3O/c1-9(2)14(3)12(16)10-8-13-11-6-4-5-7-15(10)11/h4-9H,1-3H3. The van der Waals surface area contributed by atoms with Crippen LogP contribution in [0, 0.1) is 0 Å². The van der Waals surface area contributed by atoms with Gasteiger partial charge in [-0.05, 0) is 26.0 Å². The lowest BCUT2D eigenvalue weighted by Crippen LogP contribution is -2.33. The molecule has 0 bridgehead atoms. The molecular formula is C12H15N3O. The van der Waals surface area contributed by atoms with E-state index in [-0.39, 0.29) is 11.9 Å². The first-order valence-corrected chi connectivity index (χ1v) is 5.30. The van der Waals surface area contributed by atoms with Crippen LogP contribution in [0.5, 0.6) is 0 Å². The molecule has 4 nitrogen and oxygen atoms in total. The van der Waals surface area contributed by atoms with E-state index in [0.717, 1.165) is 5.65 Å². The van der Waals surface area contributed by atoms with E-state index in [2.05, 4.69) is 4.98 Å². The van der Waals surface area contributed by atoms with Crippen LogP contribution >= 0.6 is 0 Å². The minimum Gasteiger partial charge on any atom is -0.338 e. The zero-order chi connectivity index (χ0) is 11.7. The summed E-state index contributed by atoms with van der Waals surface area (Å²) in [5.74, 6) is -0.00583. The van der Waals surface area contributed by atoms with Crippen LogP contribution in [0.2, 0.25) is 0 Å². The molecule has 4 heteroatoms. The van der Waals surface area contributed by atoms with Crippen LogP contribution in [-0.4, -0.2) is 33.3 Å². The highest BCUT2D eigenvalue weighted by molar-refractivity contribution is 5.93. The number of hydrogen-bond acceptors (Lipinski definition) is 2. The average Bonchev–Trinajstić information content (AvgIpc) is 2.70. The third kappa shape index (κ3) is 1.66. The van der Waals surface area contributed by atoms with Gasteiger partial charge in [0.2, 0.25) is 0 Å². The number of pyridine rings is 1. The summed E-state index contributed by atoms with van der Waals surface area (Å²) < 4.78 is 1.81. The Morgan fingerprint density at radius 2 is 2.19 bits per heavy atom. The molecule has 0 unspecified atom stereocenters. The molecule has 0 aliphatic carbocycles. The van der Waals surface area contributed by atoms with Crippen LogP contribution in [0.4, 0.5) is 0 Å². The van der Waals surface area contributed by atoms with E-state index in [1.807, 2.05) is 38.2 Å². The molecule has 0 radical (unpaired) electrons. The molecule has 0 fully saturated rings. The Labute approximate surface area is 94.5 Å². The summed E-state index contributed by atoms with van der Waals surface area (Å²) in [7, 11) is 1.80. The largest absolute Gasteiger partial charge is 0.338 e. The first-order valence-electron chi connectivity index (χ1n) is 5.30. The Balaban J connectivity index is 2.44. The molecule has 2 heterocycles. The van der Waals surface area contributed by atoms with Crippen molar-refractivity contribution in [1.29, 1.82) is 0 Å². The fraction of sp³-hybridized carbons (Fsp3) is 0.333. The molecule has 0 saturated heterocycles. The highest BCUT2D eigenvalue weighted by Gasteiger charge is 2.17. The molecule has 2 rings (SSSR count). The Kier molecular flexibility index (Phi) is 2.64. The van der Waals surface area contributed by atoms with Gasteiger partial charge in [-0.2, -0.15) is 0 Å². The minimum atomic E-state index is -0.00583. The first-order chi connectivity index (χ1) is 7.61. The van der Waals surface area contributed by atoms with Crippen molar-refractivity contribution in [2.24, 2.45) is 0 Å². The van der Waals surface area contributed by atoms with Crippen LogP contribution < -0.4 is 0 Å². The van der Waals surface area contributed by atoms with Crippen LogP contribution in [-0.2, 0) is 0 Å². The van der Waals surface area contributed by atoms with Crippen molar-refractivity contribution in [3.63, 3.8) is 0 Å². The van der Waals surface area contributed by atoms with E-state index < -0.39 is 0 Å². The molecule has 0 N–H and O–H groups in total. The molecule has 1 amide bonds. The number of aromatic nitrogens is 2. The SMILES string of the molecule is CC(C)N(C)C(=O)c1cnc2ccccn12. The molecule has 2 aromatic heterocycles. The van der Waals surface area contributed by atoms with Gasteiger partial charge in [0.05, 0.1) is 6.20 Å². The zero-order valence-electron chi connectivity index (χ0n) is 9.71. The second-order valence-electron chi connectivity index (χ2n) is 4.08. The van der Waals surface area contributed by atoms with Gasteiger partial charge in [0.1, 0.15) is 11.3 Å². The Bertz CT molecular complexity index is 516. The molecule has 0 atom stereocenters. The number of amides is 1. The third-order valence-electron chi connectivity index (χ3n) is 2.73. The van der Waals surface area contributed by atoms with Crippen molar-refractivity contribution in [3.8, 4) is 0 Å². The van der Waals surface area contributed by atoms with Crippen molar-refractivity contribution >= 4 is 11.6 Å². The quantitative estimate of drug-likeness (QED) is 0.769. The van der Waals surface area contributed by atoms with Gasteiger partial charge in [0.25, 0.3) is 5.91 Å². The molecule has 0 spiro atoms. The van der Waals surface area contributed by atoms with Crippen molar-refractivity contribution in [2.45, 2.75) is 19.9 Å². The molecule has 0 saturated carbocycles. The van der Waals surface area contributed by atoms with Crippen LogP contribution in [0.1, 0.15) is 24.3 Å². The summed E-state index contributed by atoms with van der Waals surface area (Å²) in [6.07, 6.45) is 3.47. The summed E-state index contributed by atoms with van der Waals surface area (Å²) in [6.45, 7) is 3.97. The normalized spacial score (nSPS) is 11.0. The van der Waals surface area contributed by atoms with Gasteiger partial charge < -0.3 is 4.90 Å². The molecular weight excluding hydrogens is 202 g/mol. The Hall–Kier alpha value is -1.84. The van der Waals surface area contributed by atoms with Gasteiger partial charge >= 0.3 is 0 Å². The maximum absolute atomic E-state index is 12.1. The van der Waals surface area contributed by atoms with E-state index in [9.17, 15) is 4.79 Å². The topological polar surface area (TPSA) is 37.6 Å². The first kappa shape index (κ1) is 10.7. The zero-order valence-corrected chi connectivity index (χ0v) is 9.71. The van der Waals surface area contributed by atoms with Gasteiger partial charge in [-0.15, -0.1) is 0 Å². The average molecular weight is 217 g/mol. The van der Waals surface area contributed by atoms with E-state index in [1.54, 1.807) is 22.5 Å². The minimum absolute atomic E-state index is 0.00583. The maximum Gasteiger partial charge on any atom is 0.272 e. The van der Waals surface area contributed by atoms with Gasteiger partial charge in [0, 0.05) is 19.3 Å². The summed E-state index contributed by atoms with van der Waals surface area (Å²) in [5, 5.41) is 0. The van der Waals surface area contributed by atoms with E-state index >= 15 is 0 Å².